The smallest absolute Gasteiger partial charge is 0.313 e. The molecule has 0 rings (SSSR count). The van der Waals surface area contributed by atoms with Gasteiger partial charge in [0.15, 0.2) is 0 Å². The van der Waals surface area contributed by atoms with Gasteiger partial charge in [-0.05, 0) is 0 Å². The maximum atomic E-state index is 11.6. The second kappa shape index (κ2) is 7.94. The van der Waals surface area contributed by atoms with Crippen LogP contribution in [0.5, 0.6) is 0 Å². The van der Waals surface area contributed by atoms with Gasteiger partial charge in [0.2, 0.25) is 11.8 Å². The number of aliphatic carboxylic acids is 1. The zero-order valence-electron chi connectivity index (χ0n) is 10.2. The minimum Gasteiger partial charge on any atom is -0.481 e. The topological polar surface area (TPSA) is 86.7 Å². The number of carbonyl (C=O) groups is 3. The minimum absolute atomic E-state index is 0.0927. The van der Waals surface area contributed by atoms with Gasteiger partial charge in [-0.15, -0.1) is 11.8 Å². The summed E-state index contributed by atoms with van der Waals surface area (Å²) in [4.78, 5) is 34.5. The first-order valence-electron chi connectivity index (χ1n) is 5.13. The third kappa shape index (κ3) is 6.83. The highest BCUT2D eigenvalue weighted by Gasteiger charge is 2.17. The summed E-state index contributed by atoms with van der Waals surface area (Å²) < 4.78 is 0. The quantitative estimate of drug-likeness (QED) is 0.654. The zero-order valence-corrected chi connectivity index (χ0v) is 11.0. The summed E-state index contributed by atoms with van der Waals surface area (Å²) in [5.41, 5.74) is 0. The number of amides is 2. The molecule has 0 aromatic carbocycles. The molecule has 0 aromatic rings. The van der Waals surface area contributed by atoms with Crippen molar-refractivity contribution in [1.29, 1.82) is 0 Å². The fourth-order valence-electron chi connectivity index (χ4n) is 1.18. The van der Waals surface area contributed by atoms with E-state index in [4.69, 9.17) is 5.11 Å². The average molecular weight is 262 g/mol. The van der Waals surface area contributed by atoms with E-state index in [1.54, 1.807) is 21.0 Å². The van der Waals surface area contributed by atoms with Gasteiger partial charge in [-0.2, -0.15) is 0 Å². The molecule has 0 aromatic heterocycles. The highest BCUT2D eigenvalue weighted by atomic mass is 32.2. The molecule has 6 nitrogen and oxygen atoms in total. The Morgan fingerprint density at radius 3 is 2.41 bits per heavy atom. The summed E-state index contributed by atoms with van der Waals surface area (Å²) in [5, 5.41) is 10.9. The molecule has 0 heterocycles. The fourth-order valence-corrected chi connectivity index (χ4v) is 1.85. The Labute approximate surface area is 105 Å². The molecule has 0 aliphatic carbocycles. The maximum absolute atomic E-state index is 11.6. The van der Waals surface area contributed by atoms with E-state index in [0.717, 1.165) is 11.8 Å². The molecule has 1 unspecified atom stereocenters. The summed E-state index contributed by atoms with van der Waals surface area (Å²) in [6.07, 6.45) is 0. The summed E-state index contributed by atoms with van der Waals surface area (Å²) in [6, 6.07) is 0. The van der Waals surface area contributed by atoms with Crippen LogP contribution in [-0.4, -0.2) is 59.9 Å². The molecule has 1 atom stereocenters. The third-order valence-electron chi connectivity index (χ3n) is 2.12. The van der Waals surface area contributed by atoms with E-state index in [2.05, 4.69) is 5.32 Å². The lowest BCUT2D eigenvalue weighted by atomic mass is 10.1. The molecule has 0 aliphatic rings. The second-order valence-corrected chi connectivity index (χ2v) is 4.66. The number of hydrogen-bond acceptors (Lipinski definition) is 4. The molecule has 0 saturated heterocycles. The lowest BCUT2D eigenvalue weighted by Gasteiger charge is -2.20. The third-order valence-corrected chi connectivity index (χ3v) is 3.02. The maximum Gasteiger partial charge on any atom is 0.313 e. The van der Waals surface area contributed by atoms with Gasteiger partial charge in [-0.1, -0.05) is 6.92 Å². The lowest BCUT2D eigenvalue weighted by Crippen LogP contribution is -2.38. The van der Waals surface area contributed by atoms with Gasteiger partial charge in [0.25, 0.3) is 0 Å². The lowest BCUT2D eigenvalue weighted by molar-refractivity contribution is -0.134. The first kappa shape index (κ1) is 15.8. The van der Waals surface area contributed by atoms with E-state index in [1.165, 1.54) is 4.90 Å². The van der Waals surface area contributed by atoms with Crippen LogP contribution >= 0.6 is 11.8 Å². The number of nitrogens with one attached hydrogen (secondary N) is 1. The highest BCUT2D eigenvalue weighted by molar-refractivity contribution is 8.00. The first-order valence-corrected chi connectivity index (χ1v) is 6.29. The molecule has 0 bridgehead atoms. The Morgan fingerprint density at radius 1 is 1.35 bits per heavy atom. The highest BCUT2D eigenvalue weighted by Crippen LogP contribution is 2.04. The van der Waals surface area contributed by atoms with Crippen molar-refractivity contribution in [3.8, 4) is 0 Å². The predicted octanol–water partition coefficient (Wildman–Crippen LogP) is -0.355. The van der Waals surface area contributed by atoms with E-state index in [-0.39, 0.29) is 29.2 Å². The molecule has 0 saturated carbocycles. The molecule has 2 N–H and O–H groups in total. The van der Waals surface area contributed by atoms with E-state index >= 15 is 0 Å². The van der Waals surface area contributed by atoms with Gasteiger partial charge in [0.05, 0.1) is 17.4 Å². The summed E-state index contributed by atoms with van der Waals surface area (Å²) in [7, 11) is 3.15. The molecule has 7 heteroatoms. The molecule has 2 amide bonds. The van der Waals surface area contributed by atoms with E-state index < -0.39 is 5.97 Å². The van der Waals surface area contributed by atoms with Crippen molar-refractivity contribution in [3.05, 3.63) is 0 Å². The van der Waals surface area contributed by atoms with Crippen molar-refractivity contribution in [1.82, 2.24) is 10.2 Å². The van der Waals surface area contributed by atoms with Gasteiger partial charge >= 0.3 is 5.97 Å². The van der Waals surface area contributed by atoms with Crippen LogP contribution in [0.1, 0.15) is 6.92 Å². The van der Waals surface area contributed by atoms with Crippen LogP contribution in [0.2, 0.25) is 0 Å². The number of hydrogen-bond donors (Lipinski definition) is 2. The number of carboxylic acids is 1. The van der Waals surface area contributed by atoms with Crippen LogP contribution in [0.3, 0.4) is 0 Å². The number of carbonyl (C=O) groups excluding carboxylic acids is 2. The van der Waals surface area contributed by atoms with E-state index in [1.807, 2.05) is 0 Å². The van der Waals surface area contributed by atoms with E-state index in [9.17, 15) is 14.4 Å². The number of carboxylic acid groups (broad SMARTS) is 1. The number of rotatable bonds is 7. The van der Waals surface area contributed by atoms with Crippen molar-refractivity contribution in [2.45, 2.75) is 6.92 Å². The predicted molar refractivity (Wildman–Crippen MR) is 65.8 cm³/mol. The molecule has 17 heavy (non-hydrogen) atoms. The van der Waals surface area contributed by atoms with Crippen LogP contribution in [0.15, 0.2) is 0 Å². The molecule has 0 aliphatic heterocycles. The summed E-state index contributed by atoms with van der Waals surface area (Å²) in [6.45, 7) is 2.05. The second-order valence-electron chi connectivity index (χ2n) is 3.68. The van der Waals surface area contributed by atoms with Gasteiger partial charge in [-0.25, -0.2) is 0 Å². The van der Waals surface area contributed by atoms with Crippen molar-refractivity contribution >= 4 is 29.5 Å². The van der Waals surface area contributed by atoms with Crippen LogP contribution < -0.4 is 5.32 Å². The number of nitrogens with zero attached hydrogens (tertiary/aromatic N) is 1. The van der Waals surface area contributed by atoms with Crippen LogP contribution in [0.25, 0.3) is 0 Å². The van der Waals surface area contributed by atoms with Gasteiger partial charge in [-0.3, -0.25) is 14.4 Å². The van der Waals surface area contributed by atoms with Crippen LogP contribution in [0, 0.1) is 5.92 Å². The van der Waals surface area contributed by atoms with Gasteiger partial charge in [0, 0.05) is 20.6 Å². The average Bonchev–Trinajstić information content (AvgIpc) is 2.26. The number of thioether (sulfide) groups is 1. The van der Waals surface area contributed by atoms with Crippen LogP contribution in [-0.2, 0) is 14.4 Å². The molecular formula is C10H18N2O4S. The van der Waals surface area contributed by atoms with Crippen molar-refractivity contribution in [3.63, 3.8) is 0 Å². The van der Waals surface area contributed by atoms with Crippen molar-refractivity contribution in [2.24, 2.45) is 5.92 Å². The Balaban J connectivity index is 3.96. The minimum atomic E-state index is -0.941. The Hall–Kier alpha value is -1.24. The SMILES string of the molecule is CNC(=O)C(C)CN(C)C(=O)CSCC(=O)O. The summed E-state index contributed by atoms with van der Waals surface area (Å²) in [5.74, 6) is -1.49. The monoisotopic (exact) mass is 262 g/mol. The Morgan fingerprint density at radius 2 is 1.94 bits per heavy atom. The Kier molecular flexibility index (Phi) is 7.36. The van der Waals surface area contributed by atoms with E-state index in [0.29, 0.717) is 6.54 Å². The largest absolute Gasteiger partial charge is 0.481 e. The molecule has 98 valence electrons. The molecule has 0 radical (unpaired) electrons. The molecule has 0 spiro atoms. The van der Waals surface area contributed by atoms with Crippen LogP contribution in [0.4, 0.5) is 0 Å². The van der Waals surface area contributed by atoms with Gasteiger partial charge in [0.1, 0.15) is 0 Å². The standard InChI is InChI=1S/C10H18N2O4S/c1-7(10(16)11-2)4-12(3)8(13)5-17-6-9(14)15/h7H,4-6H2,1-3H3,(H,11,16)(H,14,15). The summed E-state index contributed by atoms with van der Waals surface area (Å²) >= 11 is 1.05. The molecule has 0 fully saturated rings. The van der Waals surface area contributed by atoms with Crippen molar-refractivity contribution in [2.75, 3.05) is 32.1 Å². The normalized spacial score (nSPS) is 11.7. The zero-order chi connectivity index (χ0) is 13.4. The molecular weight excluding hydrogens is 244 g/mol. The fraction of sp³-hybridized carbons (Fsp3) is 0.700. The van der Waals surface area contributed by atoms with Gasteiger partial charge < -0.3 is 15.3 Å². The Bertz CT molecular complexity index is 296. The first-order chi connectivity index (χ1) is 7.88. The van der Waals surface area contributed by atoms with Crippen molar-refractivity contribution < 1.29 is 19.5 Å².